The van der Waals surface area contributed by atoms with Crippen LogP contribution < -0.4 is 0 Å². The van der Waals surface area contributed by atoms with Crippen LogP contribution in [-0.2, 0) is 0 Å². The van der Waals surface area contributed by atoms with Crippen LogP contribution in [0.15, 0.2) is 0 Å². The first kappa shape index (κ1) is 13.5. The molecule has 0 heterocycles. The number of aliphatic hydroxyl groups is 1. The predicted molar refractivity (Wildman–Crippen MR) is 71.3 cm³/mol. The highest BCUT2D eigenvalue weighted by molar-refractivity contribution is 9.39. The van der Waals surface area contributed by atoms with Gasteiger partial charge in [-0.2, -0.15) is 0 Å². The molecule has 1 saturated carbocycles. The van der Waals surface area contributed by atoms with Gasteiger partial charge in [0.05, 0.1) is 6.10 Å². The van der Waals surface area contributed by atoms with Crippen LogP contribution in [0.25, 0.3) is 0 Å². The standard InChI is InChI=1S/C10H17Br3O/c11-10(12,13)9(14)8-6-4-2-1-3-5-7-8/h8-9,14H,1-7H2. The summed E-state index contributed by atoms with van der Waals surface area (Å²) in [6.45, 7) is 0. The van der Waals surface area contributed by atoms with Crippen molar-refractivity contribution in [1.82, 2.24) is 0 Å². The van der Waals surface area contributed by atoms with Gasteiger partial charge in [-0.1, -0.05) is 79.9 Å². The maximum Gasteiger partial charge on any atom is 0.160 e. The van der Waals surface area contributed by atoms with E-state index in [-0.39, 0.29) is 6.10 Å². The van der Waals surface area contributed by atoms with Crippen molar-refractivity contribution in [3.8, 4) is 0 Å². The van der Waals surface area contributed by atoms with Gasteiger partial charge >= 0.3 is 0 Å². The van der Waals surface area contributed by atoms with Crippen LogP contribution in [0.1, 0.15) is 44.9 Å². The molecular weight excluding hydrogens is 376 g/mol. The second-order valence-corrected chi connectivity index (χ2v) is 11.0. The molecule has 14 heavy (non-hydrogen) atoms. The Labute approximate surface area is 111 Å². The minimum Gasteiger partial charge on any atom is -0.390 e. The SMILES string of the molecule is OC(C1CCCCCCC1)C(Br)(Br)Br. The third kappa shape index (κ3) is 4.50. The summed E-state index contributed by atoms with van der Waals surface area (Å²) in [5.74, 6) is 0.411. The molecule has 1 atom stereocenters. The van der Waals surface area contributed by atoms with Gasteiger partial charge in [-0.25, -0.2) is 0 Å². The van der Waals surface area contributed by atoms with Crippen molar-refractivity contribution < 1.29 is 5.11 Å². The van der Waals surface area contributed by atoms with Crippen molar-refractivity contribution in [3.05, 3.63) is 0 Å². The first-order valence-corrected chi connectivity index (χ1v) is 7.64. The normalized spacial score (nSPS) is 24.0. The Morgan fingerprint density at radius 3 is 1.79 bits per heavy atom. The second kappa shape index (κ2) is 6.21. The van der Waals surface area contributed by atoms with E-state index in [1.807, 2.05) is 0 Å². The van der Waals surface area contributed by atoms with E-state index in [1.54, 1.807) is 0 Å². The highest BCUT2D eigenvalue weighted by atomic mass is 80.0. The van der Waals surface area contributed by atoms with Crippen molar-refractivity contribution in [2.45, 2.75) is 53.2 Å². The van der Waals surface area contributed by atoms with Crippen LogP contribution in [-0.4, -0.2) is 13.4 Å². The fraction of sp³-hybridized carbons (Fsp3) is 1.00. The second-order valence-electron chi connectivity index (χ2n) is 4.09. The topological polar surface area (TPSA) is 20.2 Å². The first-order chi connectivity index (χ1) is 6.52. The summed E-state index contributed by atoms with van der Waals surface area (Å²) in [5.41, 5.74) is 0. The number of aliphatic hydroxyl groups excluding tert-OH is 1. The van der Waals surface area contributed by atoms with Crippen molar-refractivity contribution in [1.29, 1.82) is 0 Å². The number of halogens is 3. The minimum atomic E-state index is -0.503. The predicted octanol–water partition coefficient (Wildman–Crippen LogP) is 4.55. The highest BCUT2D eigenvalue weighted by Crippen LogP contribution is 2.42. The Hall–Kier alpha value is 1.40. The molecule has 0 aromatic carbocycles. The number of rotatable bonds is 1. The van der Waals surface area contributed by atoms with Gasteiger partial charge < -0.3 is 5.11 Å². The summed E-state index contributed by atoms with van der Waals surface area (Å²) in [6, 6.07) is 0. The molecule has 0 amide bonds. The molecular formula is C10H17Br3O. The summed E-state index contributed by atoms with van der Waals surface area (Å²) in [5, 5.41) is 10.1. The fourth-order valence-electron chi connectivity index (χ4n) is 2.07. The van der Waals surface area contributed by atoms with Crippen LogP contribution in [0, 0.1) is 5.92 Å². The zero-order valence-corrected chi connectivity index (χ0v) is 12.9. The average Bonchev–Trinajstić information content (AvgIpc) is 2.00. The Balaban J connectivity index is 2.47. The van der Waals surface area contributed by atoms with E-state index in [0.29, 0.717) is 5.92 Å². The molecule has 84 valence electrons. The maximum atomic E-state index is 10.1. The molecule has 0 aromatic heterocycles. The van der Waals surface area contributed by atoms with Crippen molar-refractivity contribution >= 4 is 47.8 Å². The maximum absolute atomic E-state index is 10.1. The summed E-state index contributed by atoms with van der Waals surface area (Å²) < 4.78 is -0.503. The van der Waals surface area contributed by atoms with E-state index in [0.717, 1.165) is 12.8 Å². The third-order valence-corrected chi connectivity index (χ3v) is 4.34. The quantitative estimate of drug-likeness (QED) is 0.649. The average molecular weight is 393 g/mol. The van der Waals surface area contributed by atoms with Gasteiger partial charge in [0, 0.05) is 0 Å². The number of hydrogen-bond acceptors (Lipinski definition) is 1. The zero-order chi connectivity index (χ0) is 10.6. The van der Waals surface area contributed by atoms with Crippen LogP contribution >= 0.6 is 47.8 Å². The van der Waals surface area contributed by atoms with E-state index in [9.17, 15) is 5.11 Å². The number of hydrogen-bond donors (Lipinski definition) is 1. The minimum absolute atomic E-state index is 0.361. The van der Waals surface area contributed by atoms with Crippen LogP contribution in [0.5, 0.6) is 0 Å². The molecule has 1 aliphatic rings. The fourth-order valence-corrected chi connectivity index (χ4v) is 3.19. The molecule has 0 bridgehead atoms. The lowest BCUT2D eigenvalue weighted by molar-refractivity contribution is 0.103. The molecule has 1 rings (SSSR count). The largest absolute Gasteiger partial charge is 0.390 e. The Morgan fingerprint density at radius 1 is 0.929 bits per heavy atom. The number of alkyl halides is 3. The molecule has 1 N–H and O–H groups in total. The van der Waals surface area contributed by atoms with Crippen molar-refractivity contribution in [2.75, 3.05) is 0 Å². The Morgan fingerprint density at radius 2 is 1.36 bits per heavy atom. The molecule has 1 fully saturated rings. The molecule has 0 saturated heterocycles. The Kier molecular flexibility index (Phi) is 5.98. The molecule has 0 aromatic rings. The lowest BCUT2D eigenvalue weighted by Gasteiger charge is -2.30. The van der Waals surface area contributed by atoms with Gasteiger partial charge in [-0.15, -0.1) is 0 Å². The molecule has 0 radical (unpaired) electrons. The van der Waals surface area contributed by atoms with Crippen LogP contribution in [0.3, 0.4) is 0 Å². The molecule has 1 unspecified atom stereocenters. The lowest BCUT2D eigenvalue weighted by Crippen LogP contribution is -2.32. The van der Waals surface area contributed by atoms with E-state index in [2.05, 4.69) is 47.8 Å². The molecule has 1 nitrogen and oxygen atoms in total. The van der Waals surface area contributed by atoms with Crippen molar-refractivity contribution in [2.24, 2.45) is 5.92 Å². The van der Waals surface area contributed by atoms with E-state index in [4.69, 9.17) is 0 Å². The summed E-state index contributed by atoms with van der Waals surface area (Å²) >= 11 is 10.2. The van der Waals surface area contributed by atoms with E-state index >= 15 is 0 Å². The lowest BCUT2D eigenvalue weighted by atomic mass is 9.88. The van der Waals surface area contributed by atoms with Gasteiger partial charge in [0.25, 0.3) is 0 Å². The van der Waals surface area contributed by atoms with E-state index in [1.165, 1.54) is 32.1 Å². The van der Waals surface area contributed by atoms with Crippen LogP contribution in [0.2, 0.25) is 0 Å². The summed E-state index contributed by atoms with van der Waals surface area (Å²) in [4.78, 5) is 0. The highest BCUT2D eigenvalue weighted by Gasteiger charge is 2.35. The summed E-state index contributed by atoms with van der Waals surface area (Å²) in [7, 11) is 0. The Bertz CT molecular complexity index is 159. The molecule has 1 aliphatic carbocycles. The molecule has 0 spiro atoms. The van der Waals surface area contributed by atoms with Crippen molar-refractivity contribution in [3.63, 3.8) is 0 Å². The van der Waals surface area contributed by atoms with E-state index < -0.39 is 2.14 Å². The van der Waals surface area contributed by atoms with Gasteiger partial charge in [0.15, 0.2) is 2.14 Å². The molecule has 4 heteroatoms. The third-order valence-electron chi connectivity index (χ3n) is 2.93. The summed E-state index contributed by atoms with van der Waals surface area (Å²) in [6.07, 6.45) is 8.45. The first-order valence-electron chi connectivity index (χ1n) is 5.26. The van der Waals surface area contributed by atoms with Gasteiger partial charge in [-0.05, 0) is 18.8 Å². The monoisotopic (exact) mass is 390 g/mol. The zero-order valence-electron chi connectivity index (χ0n) is 8.19. The van der Waals surface area contributed by atoms with Gasteiger partial charge in [0.1, 0.15) is 0 Å². The van der Waals surface area contributed by atoms with Gasteiger partial charge in [0.2, 0.25) is 0 Å². The molecule has 0 aliphatic heterocycles. The van der Waals surface area contributed by atoms with Crippen LogP contribution in [0.4, 0.5) is 0 Å². The van der Waals surface area contributed by atoms with Gasteiger partial charge in [-0.3, -0.25) is 0 Å². The smallest absolute Gasteiger partial charge is 0.160 e.